The minimum Gasteiger partial charge on any atom is -0.369 e. The van der Waals surface area contributed by atoms with Gasteiger partial charge in [0.25, 0.3) is 0 Å². The number of carbonyl (C=O) groups excluding carboxylic acids is 1. The normalized spacial score (nSPS) is 22.6. The van der Waals surface area contributed by atoms with Crippen LogP contribution in [0.15, 0.2) is 35.3 Å². The van der Waals surface area contributed by atoms with Gasteiger partial charge in [0.2, 0.25) is 5.91 Å². The summed E-state index contributed by atoms with van der Waals surface area (Å²) in [5, 5.41) is 6.81. The number of nitrogens with one attached hydrogen (secondary N) is 2. The van der Waals surface area contributed by atoms with Crippen LogP contribution in [-0.2, 0) is 4.79 Å². The average molecular weight is 499 g/mol. The second-order valence-corrected chi connectivity index (χ2v) is 7.59. The largest absolute Gasteiger partial charge is 0.369 e. The van der Waals surface area contributed by atoms with Gasteiger partial charge >= 0.3 is 0 Å². The third-order valence-corrected chi connectivity index (χ3v) is 5.63. The molecule has 3 rings (SSSR count). The maximum Gasteiger partial charge on any atom is 0.224 e. The van der Waals surface area contributed by atoms with Gasteiger partial charge in [0.1, 0.15) is 0 Å². The summed E-state index contributed by atoms with van der Waals surface area (Å²) in [5.74, 6) is 1.04. The summed E-state index contributed by atoms with van der Waals surface area (Å²) in [7, 11) is 1.79. The van der Waals surface area contributed by atoms with Crippen LogP contribution in [0.4, 0.5) is 5.69 Å². The first-order chi connectivity index (χ1) is 13.2. The van der Waals surface area contributed by atoms with Gasteiger partial charge in [-0.2, -0.15) is 0 Å². The molecule has 0 bridgehead atoms. The number of piperidine rings is 1. The van der Waals surface area contributed by atoms with Crippen LogP contribution in [0.5, 0.6) is 0 Å². The number of guanidine groups is 1. The third-order valence-electron chi connectivity index (χ3n) is 5.63. The Balaban J connectivity index is 0.00000280. The molecule has 28 heavy (non-hydrogen) atoms. The fourth-order valence-electron chi connectivity index (χ4n) is 4.04. The van der Waals surface area contributed by atoms with E-state index in [0.29, 0.717) is 25.0 Å². The van der Waals surface area contributed by atoms with Crippen LogP contribution >= 0.6 is 24.0 Å². The molecule has 0 aliphatic carbocycles. The van der Waals surface area contributed by atoms with Gasteiger partial charge in [-0.1, -0.05) is 18.2 Å². The zero-order chi connectivity index (χ0) is 19.1. The Hall–Kier alpha value is -1.51. The Bertz CT molecular complexity index is 639. The number of anilines is 1. The van der Waals surface area contributed by atoms with E-state index in [1.54, 1.807) is 7.05 Å². The van der Waals surface area contributed by atoms with E-state index in [4.69, 9.17) is 0 Å². The highest BCUT2D eigenvalue weighted by molar-refractivity contribution is 14.0. The average Bonchev–Trinajstić information content (AvgIpc) is 3.16. The van der Waals surface area contributed by atoms with Crippen LogP contribution in [0.25, 0.3) is 0 Å². The number of halogens is 1. The van der Waals surface area contributed by atoms with Crippen LogP contribution in [0, 0.1) is 0 Å². The summed E-state index contributed by atoms with van der Waals surface area (Å²) in [6.07, 6.45) is 5.10. The first-order valence-electron chi connectivity index (χ1n) is 10.2. The number of likely N-dealkylation sites (tertiary alicyclic amines) is 1. The Labute approximate surface area is 186 Å². The second kappa shape index (κ2) is 11.5. The minimum absolute atomic E-state index is 0. The van der Waals surface area contributed by atoms with Crippen LogP contribution in [-0.4, -0.2) is 62.1 Å². The van der Waals surface area contributed by atoms with Crippen molar-refractivity contribution in [1.82, 2.24) is 15.5 Å². The lowest BCUT2D eigenvalue weighted by Gasteiger charge is -2.33. The summed E-state index contributed by atoms with van der Waals surface area (Å²) < 4.78 is 0. The molecule has 156 valence electrons. The molecular weight excluding hydrogens is 465 g/mol. The number of rotatable bonds is 5. The predicted molar refractivity (Wildman–Crippen MR) is 127 cm³/mol. The molecule has 0 radical (unpaired) electrons. The van der Waals surface area contributed by atoms with Crippen molar-refractivity contribution in [2.45, 2.75) is 51.1 Å². The molecule has 2 fully saturated rings. The lowest BCUT2D eigenvalue weighted by Crippen LogP contribution is -2.46. The van der Waals surface area contributed by atoms with Crippen molar-refractivity contribution in [3.63, 3.8) is 0 Å². The van der Waals surface area contributed by atoms with Crippen molar-refractivity contribution in [3.8, 4) is 0 Å². The molecule has 2 aliphatic heterocycles. The fraction of sp³-hybridized carbons (Fsp3) is 0.619. The molecule has 7 heteroatoms. The quantitative estimate of drug-likeness (QED) is 0.372. The molecule has 6 nitrogen and oxygen atoms in total. The van der Waals surface area contributed by atoms with Crippen molar-refractivity contribution >= 4 is 41.5 Å². The van der Waals surface area contributed by atoms with Gasteiger partial charge in [-0.3, -0.25) is 9.79 Å². The monoisotopic (exact) mass is 499 g/mol. The van der Waals surface area contributed by atoms with Crippen molar-refractivity contribution in [3.05, 3.63) is 30.3 Å². The first kappa shape index (κ1) is 22.8. The summed E-state index contributed by atoms with van der Waals surface area (Å²) in [6.45, 7) is 5.70. The standard InChI is InChI=1S/C21H33N5O.HI/c1-17-8-6-7-14-26(17)20(27)11-13-23-21(22-2)24-18-12-15-25(16-18)19-9-4-3-5-10-19;/h3-5,9-10,17-18H,6-8,11-16H2,1-2H3,(H2,22,23,24);1H. The number of benzene rings is 1. The van der Waals surface area contributed by atoms with Crippen LogP contribution in [0.3, 0.4) is 0 Å². The van der Waals surface area contributed by atoms with Gasteiger partial charge in [0.05, 0.1) is 0 Å². The van der Waals surface area contributed by atoms with Gasteiger partial charge in [-0.05, 0) is 44.7 Å². The molecule has 2 unspecified atom stereocenters. The topological polar surface area (TPSA) is 60.0 Å². The fourth-order valence-corrected chi connectivity index (χ4v) is 4.04. The highest BCUT2D eigenvalue weighted by Gasteiger charge is 2.24. The van der Waals surface area contributed by atoms with Crippen LogP contribution in [0.2, 0.25) is 0 Å². The van der Waals surface area contributed by atoms with E-state index in [0.717, 1.165) is 44.9 Å². The Morgan fingerprint density at radius 1 is 1.18 bits per heavy atom. The summed E-state index contributed by atoms with van der Waals surface area (Å²) in [5.41, 5.74) is 1.27. The van der Waals surface area contributed by atoms with Gasteiger partial charge in [-0.15, -0.1) is 24.0 Å². The number of carbonyl (C=O) groups is 1. The summed E-state index contributed by atoms with van der Waals surface area (Å²) in [6, 6.07) is 11.3. The number of nitrogens with zero attached hydrogens (tertiary/aromatic N) is 3. The minimum atomic E-state index is 0. The molecule has 2 saturated heterocycles. The molecule has 2 heterocycles. The molecule has 1 amide bonds. The van der Waals surface area contributed by atoms with Crippen molar-refractivity contribution < 1.29 is 4.79 Å². The Kier molecular flexibility index (Phi) is 9.34. The van der Waals surface area contributed by atoms with Gasteiger partial charge in [0.15, 0.2) is 5.96 Å². The van der Waals surface area contributed by atoms with Crippen molar-refractivity contribution in [1.29, 1.82) is 0 Å². The van der Waals surface area contributed by atoms with E-state index >= 15 is 0 Å². The summed E-state index contributed by atoms with van der Waals surface area (Å²) in [4.78, 5) is 21.2. The molecule has 0 spiro atoms. The Morgan fingerprint density at radius 2 is 1.96 bits per heavy atom. The van der Waals surface area contributed by atoms with Crippen molar-refractivity contribution in [2.24, 2.45) is 4.99 Å². The smallest absolute Gasteiger partial charge is 0.224 e. The zero-order valence-electron chi connectivity index (χ0n) is 17.1. The van der Waals surface area contributed by atoms with Crippen LogP contribution < -0.4 is 15.5 Å². The number of hydrogen-bond donors (Lipinski definition) is 2. The summed E-state index contributed by atoms with van der Waals surface area (Å²) >= 11 is 0. The van der Waals surface area contributed by atoms with E-state index in [1.165, 1.54) is 12.1 Å². The molecule has 2 N–H and O–H groups in total. The van der Waals surface area contributed by atoms with E-state index < -0.39 is 0 Å². The molecule has 0 aromatic heterocycles. The number of para-hydroxylation sites is 1. The maximum atomic E-state index is 12.4. The van der Waals surface area contributed by atoms with Crippen molar-refractivity contribution in [2.75, 3.05) is 38.1 Å². The van der Waals surface area contributed by atoms with E-state index in [9.17, 15) is 4.79 Å². The number of aliphatic imine (C=N–C) groups is 1. The SMILES string of the molecule is CN=C(NCCC(=O)N1CCCCC1C)NC1CCN(c2ccccc2)C1.I. The molecule has 2 atom stereocenters. The number of hydrogen-bond acceptors (Lipinski definition) is 3. The van der Waals surface area contributed by atoms with Crippen LogP contribution in [0.1, 0.15) is 39.0 Å². The second-order valence-electron chi connectivity index (χ2n) is 7.59. The first-order valence-corrected chi connectivity index (χ1v) is 10.2. The van der Waals surface area contributed by atoms with E-state index in [-0.39, 0.29) is 29.9 Å². The molecule has 2 aliphatic rings. The lowest BCUT2D eigenvalue weighted by atomic mass is 10.0. The van der Waals surface area contributed by atoms with Gasteiger partial charge in [-0.25, -0.2) is 0 Å². The highest BCUT2D eigenvalue weighted by Crippen LogP contribution is 2.19. The van der Waals surface area contributed by atoms with Gasteiger partial charge < -0.3 is 20.4 Å². The molecule has 0 saturated carbocycles. The maximum absolute atomic E-state index is 12.4. The molecule has 1 aromatic carbocycles. The van der Waals surface area contributed by atoms with Gasteiger partial charge in [0, 0.05) is 57.4 Å². The predicted octanol–water partition coefficient (Wildman–Crippen LogP) is 2.84. The van der Waals surface area contributed by atoms with E-state index in [2.05, 4.69) is 51.7 Å². The number of amides is 1. The molecular formula is C21H34IN5O. The zero-order valence-corrected chi connectivity index (χ0v) is 19.4. The lowest BCUT2D eigenvalue weighted by molar-refractivity contribution is -0.134. The Morgan fingerprint density at radius 3 is 2.68 bits per heavy atom. The molecule has 1 aromatic rings. The third kappa shape index (κ3) is 6.25. The highest BCUT2D eigenvalue weighted by atomic mass is 127. The van der Waals surface area contributed by atoms with E-state index in [1.807, 2.05) is 11.0 Å².